The van der Waals surface area contributed by atoms with Crippen LogP contribution in [0.25, 0.3) is 0 Å². The van der Waals surface area contributed by atoms with Gasteiger partial charge < -0.3 is 5.32 Å². The Hall–Kier alpha value is -1.59. The summed E-state index contributed by atoms with van der Waals surface area (Å²) in [6.45, 7) is 5.77. The number of benzene rings is 1. The molecular weight excluding hydrogens is 296 g/mol. The Bertz CT molecular complexity index is 655. The average molecular weight is 311 g/mol. The molecule has 1 aromatic carbocycles. The summed E-state index contributed by atoms with van der Waals surface area (Å²) in [7, 11) is 0. The van der Waals surface area contributed by atoms with Gasteiger partial charge in [-0.25, -0.2) is 0 Å². The van der Waals surface area contributed by atoms with E-state index >= 15 is 0 Å². The molecule has 6 heteroatoms. The molecule has 4 nitrogen and oxygen atoms in total. The Morgan fingerprint density at radius 3 is 2.50 bits per heavy atom. The van der Waals surface area contributed by atoms with Crippen LogP contribution in [-0.4, -0.2) is 4.92 Å². The molecule has 106 valence electrons. The van der Waals surface area contributed by atoms with Gasteiger partial charge in [-0.05, 0) is 50.1 Å². The van der Waals surface area contributed by atoms with Crippen molar-refractivity contribution < 1.29 is 4.92 Å². The van der Waals surface area contributed by atoms with Crippen molar-refractivity contribution in [2.45, 2.75) is 26.8 Å². The van der Waals surface area contributed by atoms with E-state index in [1.54, 1.807) is 6.07 Å². The van der Waals surface area contributed by atoms with Crippen LogP contribution >= 0.6 is 22.9 Å². The van der Waals surface area contributed by atoms with E-state index in [1.807, 2.05) is 39.0 Å². The first-order valence-corrected chi connectivity index (χ1v) is 7.35. The Labute approximate surface area is 126 Å². The lowest BCUT2D eigenvalue weighted by Crippen LogP contribution is -2.07. The molecule has 1 N–H and O–H groups in total. The number of nitrogens with zero attached hydrogens (tertiary/aromatic N) is 1. The minimum absolute atomic E-state index is 0.0340. The van der Waals surface area contributed by atoms with E-state index in [0.717, 1.165) is 16.0 Å². The maximum atomic E-state index is 11.2. The lowest BCUT2D eigenvalue weighted by molar-refractivity contribution is -0.384. The number of anilines is 1. The van der Waals surface area contributed by atoms with Crippen LogP contribution in [0.1, 0.15) is 29.0 Å². The topological polar surface area (TPSA) is 55.2 Å². The zero-order valence-electron chi connectivity index (χ0n) is 11.4. The fourth-order valence-electron chi connectivity index (χ4n) is 1.93. The van der Waals surface area contributed by atoms with Crippen LogP contribution in [0.2, 0.25) is 4.34 Å². The van der Waals surface area contributed by atoms with Crippen molar-refractivity contribution in [2.75, 3.05) is 5.32 Å². The van der Waals surface area contributed by atoms with Crippen LogP contribution in [0.4, 0.5) is 11.4 Å². The van der Waals surface area contributed by atoms with Gasteiger partial charge in [0.05, 0.1) is 15.3 Å². The van der Waals surface area contributed by atoms with Gasteiger partial charge in [-0.1, -0.05) is 11.6 Å². The number of halogens is 1. The molecule has 0 aliphatic heterocycles. The van der Waals surface area contributed by atoms with Gasteiger partial charge in [-0.3, -0.25) is 10.1 Å². The molecular formula is C14H15ClN2O2S. The Balaban J connectivity index is 2.33. The van der Waals surface area contributed by atoms with Gasteiger partial charge in [0.1, 0.15) is 5.69 Å². The molecule has 0 bridgehead atoms. The van der Waals surface area contributed by atoms with Gasteiger partial charge in [-0.15, -0.1) is 11.3 Å². The number of thiophene rings is 1. The first-order valence-electron chi connectivity index (χ1n) is 6.16. The summed E-state index contributed by atoms with van der Waals surface area (Å²) >= 11 is 7.39. The van der Waals surface area contributed by atoms with Crippen molar-refractivity contribution >= 4 is 34.3 Å². The molecule has 1 unspecified atom stereocenters. The highest BCUT2D eigenvalue weighted by Crippen LogP contribution is 2.33. The van der Waals surface area contributed by atoms with E-state index < -0.39 is 0 Å². The quantitative estimate of drug-likeness (QED) is 0.631. The molecule has 0 saturated heterocycles. The van der Waals surface area contributed by atoms with Gasteiger partial charge in [0.15, 0.2) is 0 Å². The minimum atomic E-state index is -0.358. The molecule has 0 aliphatic carbocycles. The monoisotopic (exact) mass is 310 g/mol. The molecule has 20 heavy (non-hydrogen) atoms. The SMILES string of the molecule is Cc1cc(NC(C)c2ccc(Cl)s2)c([N+](=O)[O-])cc1C. The second-order valence-electron chi connectivity index (χ2n) is 4.72. The van der Waals surface area contributed by atoms with E-state index in [1.165, 1.54) is 11.3 Å². The fraction of sp³-hybridized carbons (Fsp3) is 0.286. The van der Waals surface area contributed by atoms with Crippen molar-refractivity contribution in [3.8, 4) is 0 Å². The van der Waals surface area contributed by atoms with E-state index in [9.17, 15) is 10.1 Å². The summed E-state index contributed by atoms with van der Waals surface area (Å²) in [5, 5.41) is 14.4. The highest BCUT2D eigenvalue weighted by molar-refractivity contribution is 7.16. The lowest BCUT2D eigenvalue weighted by Gasteiger charge is -2.15. The second-order valence-corrected chi connectivity index (χ2v) is 6.47. The smallest absolute Gasteiger partial charge is 0.292 e. The largest absolute Gasteiger partial charge is 0.372 e. The number of rotatable bonds is 4. The van der Waals surface area contributed by atoms with Gasteiger partial charge in [-0.2, -0.15) is 0 Å². The van der Waals surface area contributed by atoms with E-state index in [0.29, 0.717) is 10.0 Å². The van der Waals surface area contributed by atoms with Crippen LogP contribution < -0.4 is 5.32 Å². The summed E-state index contributed by atoms with van der Waals surface area (Å²) in [4.78, 5) is 11.8. The normalized spacial score (nSPS) is 12.2. The third kappa shape index (κ3) is 3.11. The Morgan fingerprint density at radius 2 is 1.95 bits per heavy atom. The molecule has 0 radical (unpaired) electrons. The van der Waals surface area contributed by atoms with E-state index in [-0.39, 0.29) is 16.7 Å². The van der Waals surface area contributed by atoms with Gasteiger partial charge >= 0.3 is 0 Å². The summed E-state index contributed by atoms with van der Waals surface area (Å²) in [5.74, 6) is 0. The number of nitro groups is 1. The average Bonchev–Trinajstić information content (AvgIpc) is 2.80. The Kier molecular flexibility index (Phi) is 4.30. The molecule has 2 rings (SSSR count). The number of nitro benzene ring substituents is 1. The first-order chi connectivity index (χ1) is 9.38. The van der Waals surface area contributed by atoms with Gasteiger partial charge in [0, 0.05) is 10.9 Å². The molecule has 0 amide bonds. The number of hydrogen-bond acceptors (Lipinski definition) is 4. The molecule has 0 spiro atoms. The molecule has 2 aromatic rings. The highest BCUT2D eigenvalue weighted by Gasteiger charge is 2.18. The van der Waals surface area contributed by atoms with Crippen molar-refractivity contribution in [3.63, 3.8) is 0 Å². The third-order valence-corrected chi connectivity index (χ3v) is 4.62. The summed E-state index contributed by atoms with van der Waals surface area (Å²) in [5.41, 5.74) is 2.57. The van der Waals surface area contributed by atoms with E-state index in [2.05, 4.69) is 5.32 Å². The van der Waals surface area contributed by atoms with Crippen LogP contribution in [0.3, 0.4) is 0 Å². The molecule has 1 atom stereocenters. The minimum Gasteiger partial charge on any atom is -0.372 e. The molecule has 0 saturated carbocycles. The van der Waals surface area contributed by atoms with Crippen LogP contribution in [0.15, 0.2) is 24.3 Å². The zero-order chi connectivity index (χ0) is 14.9. The van der Waals surface area contributed by atoms with Crippen molar-refractivity contribution in [2.24, 2.45) is 0 Å². The van der Waals surface area contributed by atoms with Crippen molar-refractivity contribution in [1.29, 1.82) is 0 Å². The summed E-state index contributed by atoms with van der Waals surface area (Å²) in [6.07, 6.45) is 0. The first kappa shape index (κ1) is 14.8. The maximum absolute atomic E-state index is 11.2. The third-order valence-electron chi connectivity index (χ3n) is 3.20. The summed E-state index contributed by atoms with van der Waals surface area (Å²) < 4.78 is 0.711. The summed E-state index contributed by atoms with van der Waals surface area (Å²) in [6, 6.07) is 7.14. The number of aryl methyl sites for hydroxylation is 2. The van der Waals surface area contributed by atoms with Crippen molar-refractivity contribution in [1.82, 2.24) is 0 Å². The van der Waals surface area contributed by atoms with Crippen molar-refractivity contribution in [3.05, 3.63) is 54.7 Å². The van der Waals surface area contributed by atoms with Crippen LogP contribution in [0, 0.1) is 24.0 Å². The molecule has 0 aliphatic rings. The van der Waals surface area contributed by atoms with Crippen LogP contribution in [-0.2, 0) is 0 Å². The van der Waals surface area contributed by atoms with Gasteiger partial charge in [0.25, 0.3) is 5.69 Å². The fourth-order valence-corrected chi connectivity index (χ4v) is 3.00. The van der Waals surface area contributed by atoms with E-state index in [4.69, 9.17) is 11.6 Å². The predicted octanol–water partition coefficient (Wildman–Crippen LogP) is 5.10. The lowest BCUT2D eigenvalue weighted by atomic mass is 10.1. The highest BCUT2D eigenvalue weighted by atomic mass is 35.5. The molecule has 0 fully saturated rings. The standard InChI is InChI=1S/C14H15ClN2O2S/c1-8-6-11(12(17(18)19)7-9(8)2)16-10(3)13-4-5-14(15)20-13/h4-7,10,16H,1-3H3. The number of nitrogens with one attached hydrogen (secondary N) is 1. The Morgan fingerprint density at radius 1 is 1.30 bits per heavy atom. The van der Waals surface area contributed by atoms with Crippen LogP contribution in [0.5, 0.6) is 0 Å². The molecule has 1 heterocycles. The number of hydrogen-bond donors (Lipinski definition) is 1. The molecule has 1 aromatic heterocycles. The zero-order valence-corrected chi connectivity index (χ0v) is 13.0. The second kappa shape index (κ2) is 5.81. The maximum Gasteiger partial charge on any atom is 0.292 e. The predicted molar refractivity (Wildman–Crippen MR) is 83.9 cm³/mol. The van der Waals surface area contributed by atoms with Gasteiger partial charge in [0.2, 0.25) is 0 Å².